The van der Waals surface area contributed by atoms with Gasteiger partial charge in [0.15, 0.2) is 0 Å². The second-order valence-corrected chi connectivity index (χ2v) is 6.96. The summed E-state index contributed by atoms with van der Waals surface area (Å²) in [6.45, 7) is 2.16. The van der Waals surface area contributed by atoms with Crippen LogP contribution in [0.5, 0.6) is 5.75 Å². The Bertz CT molecular complexity index is 870. The zero-order chi connectivity index (χ0) is 18.3. The average molecular weight is 349 g/mol. The Morgan fingerprint density at radius 2 is 1.88 bits per heavy atom. The van der Waals surface area contributed by atoms with Crippen LogP contribution < -0.4 is 10.1 Å². The van der Waals surface area contributed by atoms with Crippen LogP contribution in [0.1, 0.15) is 45.4 Å². The molecular weight excluding hydrogens is 326 g/mol. The molecule has 1 heterocycles. The number of aryl methyl sites for hydroxylation is 1. The van der Waals surface area contributed by atoms with Gasteiger partial charge in [0.1, 0.15) is 5.75 Å². The number of nitrogens with one attached hydrogen (secondary N) is 1. The number of ether oxygens (including phenoxy) is 2. The molecular formula is C22H23NO3. The molecule has 4 rings (SSSR count). The highest BCUT2D eigenvalue weighted by atomic mass is 16.5. The quantitative estimate of drug-likeness (QED) is 0.649. The van der Waals surface area contributed by atoms with E-state index in [-0.39, 0.29) is 12.0 Å². The third-order valence-corrected chi connectivity index (χ3v) is 5.61. The van der Waals surface area contributed by atoms with E-state index in [1.54, 1.807) is 7.11 Å². The van der Waals surface area contributed by atoms with Crippen molar-refractivity contribution in [3.05, 3.63) is 70.8 Å². The van der Waals surface area contributed by atoms with Crippen LogP contribution in [-0.4, -0.2) is 20.2 Å². The van der Waals surface area contributed by atoms with Crippen molar-refractivity contribution in [1.82, 2.24) is 0 Å². The van der Waals surface area contributed by atoms with Crippen LogP contribution in [0.4, 0.5) is 5.69 Å². The number of esters is 1. The number of benzene rings is 2. The zero-order valence-electron chi connectivity index (χ0n) is 15.3. The number of fused-ring (bicyclic) bond motifs is 3. The molecule has 0 saturated carbocycles. The van der Waals surface area contributed by atoms with Crippen molar-refractivity contribution in [1.29, 1.82) is 0 Å². The number of methoxy groups -OCH3 is 2. The minimum Gasteiger partial charge on any atom is -0.495 e. The minimum atomic E-state index is -0.309. The van der Waals surface area contributed by atoms with Crippen molar-refractivity contribution in [3.8, 4) is 5.75 Å². The first kappa shape index (κ1) is 16.7. The molecule has 0 saturated heterocycles. The third-order valence-electron chi connectivity index (χ3n) is 5.61. The number of hydrogen-bond donors (Lipinski definition) is 1. The van der Waals surface area contributed by atoms with Gasteiger partial charge in [-0.2, -0.15) is 0 Å². The molecule has 26 heavy (non-hydrogen) atoms. The first-order chi connectivity index (χ1) is 12.6. The smallest absolute Gasteiger partial charge is 0.337 e. The first-order valence-electron chi connectivity index (χ1n) is 8.93. The van der Waals surface area contributed by atoms with Crippen LogP contribution in [-0.2, 0) is 4.74 Å². The fourth-order valence-electron chi connectivity index (χ4n) is 4.32. The van der Waals surface area contributed by atoms with Gasteiger partial charge in [0.25, 0.3) is 0 Å². The summed E-state index contributed by atoms with van der Waals surface area (Å²) in [5.74, 6) is 1.40. The van der Waals surface area contributed by atoms with Crippen molar-refractivity contribution in [2.75, 3.05) is 19.5 Å². The van der Waals surface area contributed by atoms with Gasteiger partial charge in [-0.05, 0) is 54.2 Å². The van der Waals surface area contributed by atoms with Crippen molar-refractivity contribution in [3.63, 3.8) is 0 Å². The summed E-state index contributed by atoms with van der Waals surface area (Å²) in [5.41, 5.74) is 5.45. The second-order valence-electron chi connectivity index (χ2n) is 6.96. The summed E-state index contributed by atoms with van der Waals surface area (Å²) in [6, 6.07) is 12.0. The minimum absolute atomic E-state index is 0.171. The van der Waals surface area contributed by atoms with Gasteiger partial charge in [0, 0.05) is 5.92 Å². The fourth-order valence-corrected chi connectivity index (χ4v) is 4.32. The van der Waals surface area contributed by atoms with E-state index < -0.39 is 0 Å². The molecule has 1 aliphatic heterocycles. The molecule has 0 spiro atoms. The van der Waals surface area contributed by atoms with Crippen molar-refractivity contribution < 1.29 is 14.3 Å². The van der Waals surface area contributed by atoms with E-state index in [2.05, 4.69) is 30.5 Å². The molecule has 134 valence electrons. The lowest BCUT2D eigenvalue weighted by molar-refractivity contribution is 0.0600. The molecule has 1 aliphatic carbocycles. The molecule has 0 aromatic heterocycles. The van der Waals surface area contributed by atoms with Crippen LogP contribution in [0.2, 0.25) is 0 Å². The molecule has 2 aromatic carbocycles. The summed E-state index contributed by atoms with van der Waals surface area (Å²) in [7, 11) is 3.11. The van der Waals surface area contributed by atoms with Gasteiger partial charge in [-0.1, -0.05) is 30.4 Å². The van der Waals surface area contributed by atoms with Gasteiger partial charge in [-0.15, -0.1) is 0 Å². The van der Waals surface area contributed by atoms with Crippen LogP contribution in [0.25, 0.3) is 0 Å². The van der Waals surface area contributed by atoms with Crippen LogP contribution in [0.3, 0.4) is 0 Å². The fraction of sp³-hybridized carbons (Fsp3) is 0.318. The number of carbonyl (C=O) groups excluding carboxylic acids is 1. The van der Waals surface area contributed by atoms with Crippen molar-refractivity contribution in [2.24, 2.45) is 5.92 Å². The molecule has 0 bridgehead atoms. The summed E-state index contributed by atoms with van der Waals surface area (Å²) in [6.07, 6.45) is 5.64. The normalized spacial score (nSPS) is 23.0. The molecule has 4 heteroatoms. The number of anilines is 1. The van der Waals surface area contributed by atoms with Crippen LogP contribution in [0, 0.1) is 12.8 Å². The summed E-state index contributed by atoms with van der Waals surface area (Å²) in [5, 5.41) is 3.73. The Labute approximate surface area is 153 Å². The second kappa shape index (κ2) is 6.52. The molecule has 3 atom stereocenters. The number of rotatable bonds is 3. The Morgan fingerprint density at radius 3 is 2.58 bits per heavy atom. The molecule has 0 unspecified atom stereocenters. The summed E-state index contributed by atoms with van der Waals surface area (Å²) in [4.78, 5) is 11.7. The maximum absolute atomic E-state index is 11.7. The monoisotopic (exact) mass is 349 g/mol. The molecule has 0 radical (unpaired) electrons. The first-order valence-corrected chi connectivity index (χ1v) is 8.93. The van der Waals surface area contributed by atoms with Crippen LogP contribution >= 0.6 is 0 Å². The Kier molecular flexibility index (Phi) is 4.19. The van der Waals surface area contributed by atoms with Gasteiger partial charge < -0.3 is 14.8 Å². The van der Waals surface area contributed by atoms with E-state index in [0.29, 0.717) is 17.4 Å². The average Bonchev–Trinajstić information content (AvgIpc) is 3.16. The predicted octanol–water partition coefficient (Wildman–Crippen LogP) is 4.62. The standard InChI is InChI=1S/C22H23NO3/c1-13-7-12-18(25-2)21-19(13)16-5-4-6-17(16)20(23-21)14-8-10-15(11-9-14)22(24)26-3/h4-5,7-12,16-17,20,23H,6H2,1-3H3/t16-,17+,20+/m0/s1. The number of hydrogen-bond acceptors (Lipinski definition) is 4. The Balaban J connectivity index is 1.75. The van der Waals surface area contributed by atoms with E-state index in [1.165, 1.54) is 23.8 Å². The SMILES string of the molecule is COC(=O)c1ccc([C@H]2Nc3c(OC)ccc(C)c3[C@H]3C=CC[C@H]32)cc1. The van der Waals surface area contributed by atoms with Gasteiger partial charge in [0.05, 0.1) is 31.5 Å². The van der Waals surface area contributed by atoms with E-state index >= 15 is 0 Å². The molecule has 1 N–H and O–H groups in total. The largest absolute Gasteiger partial charge is 0.495 e. The highest BCUT2D eigenvalue weighted by Gasteiger charge is 2.39. The van der Waals surface area contributed by atoms with E-state index in [9.17, 15) is 4.79 Å². The van der Waals surface area contributed by atoms with E-state index in [0.717, 1.165) is 17.9 Å². The molecule has 2 aliphatic rings. The van der Waals surface area contributed by atoms with Gasteiger partial charge in [0.2, 0.25) is 0 Å². The Hall–Kier alpha value is -2.75. The summed E-state index contributed by atoms with van der Waals surface area (Å²) >= 11 is 0. The van der Waals surface area contributed by atoms with Crippen LogP contribution in [0.15, 0.2) is 48.6 Å². The molecule has 0 amide bonds. The maximum Gasteiger partial charge on any atom is 0.337 e. The van der Waals surface area contributed by atoms with Crippen molar-refractivity contribution >= 4 is 11.7 Å². The van der Waals surface area contributed by atoms with Gasteiger partial charge in [-0.3, -0.25) is 0 Å². The maximum atomic E-state index is 11.7. The number of allylic oxidation sites excluding steroid dienone is 2. The molecule has 0 fully saturated rings. The van der Waals surface area contributed by atoms with Crippen molar-refractivity contribution in [2.45, 2.75) is 25.3 Å². The Morgan fingerprint density at radius 1 is 1.12 bits per heavy atom. The number of carbonyl (C=O) groups is 1. The summed E-state index contributed by atoms with van der Waals surface area (Å²) < 4.78 is 10.4. The topological polar surface area (TPSA) is 47.6 Å². The van der Waals surface area contributed by atoms with E-state index in [1.807, 2.05) is 30.3 Å². The van der Waals surface area contributed by atoms with E-state index in [4.69, 9.17) is 9.47 Å². The third kappa shape index (κ3) is 2.57. The van der Waals surface area contributed by atoms with Gasteiger partial charge in [-0.25, -0.2) is 4.79 Å². The lowest BCUT2D eigenvalue weighted by Gasteiger charge is -2.39. The lowest BCUT2D eigenvalue weighted by Crippen LogP contribution is -2.30. The molecule has 2 aromatic rings. The van der Waals surface area contributed by atoms with Gasteiger partial charge >= 0.3 is 5.97 Å². The predicted molar refractivity (Wildman–Crippen MR) is 102 cm³/mol. The highest BCUT2D eigenvalue weighted by molar-refractivity contribution is 5.89. The highest BCUT2D eigenvalue weighted by Crippen LogP contribution is 2.53. The zero-order valence-corrected chi connectivity index (χ0v) is 15.3. The molecule has 4 nitrogen and oxygen atoms in total. The lowest BCUT2D eigenvalue weighted by atomic mass is 9.75.